The zero-order valence-corrected chi connectivity index (χ0v) is 11.2. The van der Waals surface area contributed by atoms with Crippen LogP contribution in [0.3, 0.4) is 0 Å². The second kappa shape index (κ2) is 4.91. The van der Waals surface area contributed by atoms with E-state index in [-0.39, 0.29) is 11.7 Å². The summed E-state index contributed by atoms with van der Waals surface area (Å²) in [4.78, 5) is 14.2. The van der Waals surface area contributed by atoms with Crippen LogP contribution in [0.1, 0.15) is 19.8 Å². The molecule has 1 saturated carbocycles. The van der Waals surface area contributed by atoms with Crippen molar-refractivity contribution in [1.29, 1.82) is 0 Å². The molecule has 0 spiro atoms. The van der Waals surface area contributed by atoms with Gasteiger partial charge in [-0.15, -0.1) is 0 Å². The van der Waals surface area contributed by atoms with Crippen LogP contribution >= 0.6 is 0 Å². The van der Waals surface area contributed by atoms with E-state index < -0.39 is 5.41 Å². The molecule has 0 aliphatic heterocycles. The lowest BCUT2D eigenvalue weighted by atomic mass is 9.61. The molecular formula is C14H19N3O2. The first kappa shape index (κ1) is 13.4. The summed E-state index contributed by atoms with van der Waals surface area (Å²) < 4.78 is 0. The maximum absolute atomic E-state index is 12.6. The summed E-state index contributed by atoms with van der Waals surface area (Å²) in [6.45, 7) is 2.05. The van der Waals surface area contributed by atoms with Gasteiger partial charge in [-0.1, -0.05) is 30.3 Å². The number of nitrogens with zero attached hydrogens (tertiary/aromatic N) is 2. The molecule has 1 aromatic rings. The number of hydrogen-bond donors (Lipinski definition) is 2. The number of rotatable bonds is 3. The van der Waals surface area contributed by atoms with Gasteiger partial charge in [-0.3, -0.25) is 4.79 Å². The molecule has 1 aliphatic rings. The van der Waals surface area contributed by atoms with Crippen LogP contribution in [0, 0.1) is 11.3 Å². The monoisotopic (exact) mass is 261 g/mol. The van der Waals surface area contributed by atoms with Gasteiger partial charge in [0.15, 0.2) is 5.84 Å². The number of nitrogens with two attached hydrogens (primary N) is 1. The summed E-state index contributed by atoms with van der Waals surface area (Å²) in [6.07, 6.45) is 1.25. The van der Waals surface area contributed by atoms with Crippen LogP contribution in [0.15, 0.2) is 35.5 Å². The zero-order valence-electron chi connectivity index (χ0n) is 11.2. The molecule has 0 heterocycles. The normalized spacial score (nSPS) is 26.6. The van der Waals surface area contributed by atoms with Gasteiger partial charge in [-0.2, -0.15) is 0 Å². The molecule has 5 heteroatoms. The minimum atomic E-state index is -0.848. The standard InChI is InChI=1S/C14H19N3O2/c1-10-8-14(9-10,12(15)16-19)13(18)17(2)11-6-4-3-5-7-11/h3-7,10,19H,8-9H2,1-2H3,(H2,15,16). The molecule has 1 aromatic carbocycles. The van der Waals surface area contributed by atoms with Crippen molar-refractivity contribution in [3.8, 4) is 0 Å². The average molecular weight is 261 g/mol. The topological polar surface area (TPSA) is 78.9 Å². The lowest BCUT2D eigenvalue weighted by molar-refractivity contribution is -0.130. The summed E-state index contributed by atoms with van der Waals surface area (Å²) in [5, 5.41) is 12.0. The molecule has 1 fully saturated rings. The van der Waals surface area contributed by atoms with Crippen molar-refractivity contribution < 1.29 is 10.0 Å². The summed E-state index contributed by atoms with van der Waals surface area (Å²) in [6, 6.07) is 9.36. The Bertz CT molecular complexity index is 493. The fourth-order valence-electron chi connectivity index (χ4n) is 2.81. The third kappa shape index (κ3) is 2.16. The largest absolute Gasteiger partial charge is 0.409 e. The van der Waals surface area contributed by atoms with E-state index in [2.05, 4.69) is 12.1 Å². The molecule has 1 aliphatic carbocycles. The van der Waals surface area contributed by atoms with Crippen molar-refractivity contribution in [2.75, 3.05) is 11.9 Å². The van der Waals surface area contributed by atoms with E-state index in [4.69, 9.17) is 10.9 Å². The van der Waals surface area contributed by atoms with Crippen LogP contribution < -0.4 is 10.6 Å². The number of anilines is 1. The van der Waals surface area contributed by atoms with Crippen LogP contribution in [-0.2, 0) is 4.79 Å². The van der Waals surface area contributed by atoms with E-state index >= 15 is 0 Å². The van der Waals surface area contributed by atoms with Crippen molar-refractivity contribution in [1.82, 2.24) is 0 Å². The van der Waals surface area contributed by atoms with Gasteiger partial charge in [0.1, 0.15) is 5.41 Å². The predicted molar refractivity (Wildman–Crippen MR) is 74.1 cm³/mol. The number of amidine groups is 1. The van der Waals surface area contributed by atoms with Gasteiger partial charge in [-0.25, -0.2) is 0 Å². The van der Waals surface area contributed by atoms with E-state index in [1.807, 2.05) is 30.3 Å². The molecule has 19 heavy (non-hydrogen) atoms. The summed E-state index contributed by atoms with van der Waals surface area (Å²) in [5.41, 5.74) is 5.70. The molecule has 0 radical (unpaired) electrons. The fraction of sp³-hybridized carbons (Fsp3) is 0.429. The van der Waals surface area contributed by atoms with E-state index in [0.717, 1.165) is 5.69 Å². The number of carbonyl (C=O) groups excluding carboxylic acids is 1. The van der Waals surface area contributed by atoms with Crippen LogP contribution in [0.25, 0.3) is 0 Å². The number of para-hydroxylation sites is 1. The van der Waals surface area contributed by atoms with Crippen molar-refractivity contribution >= 4 is 17.4 Å². The number of benzene rings is 1. The van der Waals surface area contributed by atoms with Crippen molar-refractivity contribution in [3.63, 3.8) is 0 Å². The first-order valence-electron chi connectivity index (χ1n) is 6.32. The highest BCUT2D eigenvalue weighted by atomic mass is 16.4. The third-order valence-corrected chi connectivity index (χ3v) is 3.85. The quantitative estimate of drug-likeness (QED) is 0.377. The van der Waals surface area contributed by atoms with Crippen LogP contribution in [-0.4, -0.2) is 24.0 Å². The summed E-state index contributed by atoms with van der Waals surface area (Å²) in [5.74, 6) is 0.305. The van der Waals surface area contributed by atoms with Gasteiger partial charge in [0, 0.05) is 12.7 Å². The first-order valence-corrected chi connectivity index (χ1v) is 6.32. The van der Waals surface area contributed by atoms with Gasteiger partial charge < -0.3 is 15.8 Å². The molecule has 102 valence electrons. The minimum Gasteiger partial charge on any atom is -0.409 e. The van der Waals surface area contributed by atoms with Crippen LogP contribution in [0.4, 0.5) is 5.69 Å². The van der Waals surface area contributed by atoms with Crippen molar-refractivity contribution in [2.45, 2.75) is 19.8 Å². The lowest BCUT2D eigenvalue weighted by Gasteiger charge is -2.45. The minimum absolute atomic E-state index is 0.0124. The average Bonchev–Trinajstić information content (AvgIpc) is 2.42. The molecular weight excluding hydrogens is 242 g/mol. The predicted octanol–water partition coefficient (Wildman–Crippen LogP) is 1.81. The Morgan fingerprint density at radius 3 is 2.47 bits per heavy atom. The number of oxime groups is 1. The molecule has 1 amide bonds. The Morgan fingerprint density at radius 2 is 2.00 bits per heavy atom. The highest BCUT2D eigenvalue weighted by Crippen LogP contribution is 2.47. The Morgan fingerprint density at radius 1 is 1.42 bits per heavy atom. The third-order valence-electron chi connectivity index (χ3n) is 3.85. The Kier molecular flexibility index (Phi) is 3.46. The number of carbonyl (C=O) groups is 1. The maximum Gasteiger partial charge on any atom is 0.240 e. The second-order valence-corrected chi connectivity index (χ2v) is 5.28. The van der Waals surface area contributed by atoms with E-state index in [1.54, 1.807) is 11.9 Å². The van der Waals surface area contributed by atoms with Gasteiger partial charge in [0.05, 0.1) is 0 Å². The Hall–Kier alpha value is -2.04. The van der Waals surface area contributed by atoms with Gasteiger partial charge in [-0.05, 0) is 30.9 Å². The zero-order chi connectivity index (χ0) is 14.0. The van der Waals surface area contributed by atoms with Crippen LogP contribution in [0.2, 0.25) is 0 Å². The highest BCUT2D eigenvalue weighted by Gasteiger charge is 2.53. The van der Waals surface area contributed by atoms with Crippen molar-refractivity contribution in [2.24, 2.45) is 22.2 Å². The fourth-order valence-corrected chi connectivity index (χ4v) is 2.81. The van der Waals surface area contributed by atoms with E-state index in [9.17, 15) is 4.79 Å². The smallest absolute Gasteiger partial charge is 0.240 e. The van der Waals surface area contributed by atoms with Crippen LogP contribution in [0.5, 0.6) is 0 Å². The Balaban J connectivity index is 2.27. The molecule has 0 atom stereocenters. The maximum atomic E-state index is 12.6. The molecule has 2 rings (SSSR count). The van der Waals surface area contributed by atoms with Crippen molar-refractivity contribution in [3.05, 3.63) is 30.3 Å². The molecule has 0 unspecified atom stereocenters. The van der Waals surface area contributed by atoms with E-state index in [1.165, 1.54) is 0 Å². The molecule has 0 bridgehead atoms. The second-order valence-electron chi connectivity index (χ2n) is 5.28. The molecule has 3 N–H and O–H groups in total. The SMILES string of the molecule is CC1CC(C(=O)N(C)c2ccccc2)(/C(N)=N/O)C1. The summed E-state index contributed by atoms with van der Waals surface area (Å²) in [7, 11) is 1.72. The molecule has 0 saturated heterocycles. The molecule has 0 aromatic heterocycles. The Labute approximate surface area is 112 Å². The van der Waals surface area contributed by atoms with E-state index in [0.29, 0.717) is 18.8 Å². The van der Waals surface area contributed by atoms with Gasteiger partial charge in [0.25, 0.3) is 0 Å². The molecule has 5 nitrogen and oxygen atoms in total. The first-order chi connectivity index (χ1) is 9.01. The van der Waals surface area contributed by atoms with Gasteiger partial charge >= 0.3 is 0 Å². The number of amides is 1. The number of hydrogen-bond acceptors (Lipinski definition) is 3. The highest BCUT2D eigenvalue weighted by molar-refractivity contribution is 6.13. The van der Waals surface area contributed by atoms with Gasteiger partial charge in [0.2, 0.25) is 5.91 Å². The lowest BCUT2D eigenvalue weighted by Crippen LogP contribution is -2.57. The summed E-state index contributed by atoms with van der Waals surface area (Å²) >= 11 is 0.